The van der Waals surface area contributed by atoms with Crippen molar-refractivity contribution in [1.29, 1.82) is 0 Å². The van der Waals surface area contributed by atoms with Crippen molar-refractivity contribution in [1.82, 2.24) is 25.5 Å². The molecule has 3 atom stereocenters. The summed E-state index contributed by atoms with van der Waals surface area (Å²) in [4.78, 5) is 20.5. The number of H-pyrrole nitrogens is 1. The molecule has 2 saturated carbocycles. The Bertz CT molecular complexity index is 689. The molecule has 23 heavy (non-hydrogen) atoms. The molecule has 2 heterocycles. The molecule has 2 N–H and O–H groups in total. The van der Waals surface area contributed by atoms with Gasteiger partial charge in [-0.15, -0.1) is 5.10 Å². The van der Waals surface area contributed by atoms with E-state index >= 15 is 0 Å². The van der Waals surface area contributed by atoms with E-state index in [1.807, 2.05) is 12.1 Å². The standard InChI is InChI=1S/C16H19N5OS/c22-14(18-13-8-10-1-2-12(13)7-10)9-23-16-19-15(20-21-16)11-3-5-17-6-4-11/h3-6,10,12-13H,1-2,7-9H2,(H,18,22)(H,19,20,21)/t10-,12-,13-/m1/s1. The summed E-state index contributed by atoms with van der Waals surface area (Å²) in [5.74, 6) is 2.69. The van der Waals surface area contributed by atoms with E-state index in [-0.39, 0.29) is 5.91 Å². The number of nitrogens with one attached hydrogen (secondary N) is 2. The highest BCUT2D eigenvalue weighted by Crippen LogP contribution is 2.44. The number of nitrogens with zero attached hydrogens (tertiary/aromatic N) is 3. The Balaban J connectivity index is 1.29. The molecule has 2 aliphatic rings. The van der Waals surface area contributed by atoms with Crippen LogP contribution in [-0.2, 0) is 4.79 Å². The summed E-state index contributed by atoms with van der Waals surface area (Å²) in [6.07, 6.45) is 8.52. The summed E-state index contributed by atoms with van der Waals surface area (Å²) in [5, 5.41) is 10.8. The van der Waals surface area contributed by atoms with Crippen LogP contribution in [0.3, 0.4) is 0 Å². The van der Waals surface area contributed by atoms with Gasteiger partial charge in [-0.3, -0.25) is 14.9 Å². The Labute approximate surface area is 138 Å². The van der Waals surface area contributed by atoms with Gasteiger partial charge in [0.05, 0.1) is 5.75 Å². The van der Waals surface area contributed by atoms with Gasteiger partial charge in [0.2, 0.25) is 11.1 Å². The monoisotopic (exact) mass is 329 g/mol. The fourth-order valence-electron chi connectivity index (χ4n) is 3.75. The molecule has 2 bridgehead atoms. The average Bonchev–Trinajstić information content (AvgIpc) is 3.30. The number of rotatable bonds is 5. The summed E-state index contributed by atoms with van der Waals surface area (Å²) < 4.78 is 0. The lowest BCUT2D eigenvalue weighted by atomic mass is 9.95. The van der Waals surface area contributed by atoms with E-state index < -0.39 is 0 Å². The predicted octanol–water partition coefficient (Wildman–Crippen LogP) is 2.26. The zero-order valence-corrected chi connectivity index (χ0v) is 13.6. The summed E-state index contributed by atoms with van der Waals surface area (Å²) in [6.45, 7) is 0. The van der Waals surface area contributed by atoms with Crippen LogP contribution >= 0.6 is 11.8 Å². The summed E-state index contributed by atoms with van der Waals surface area (Å²) in [5.41, 5.74) is 0.936. The fourth-order valence-corrected chi connectivity index (χ4v) is 4.36. The van der Waals surface area contributed by atoms with E-state index in [1.165, 1.54) is 31.0 Å². The van der Waals surface area contributed by atoms with E-state index in [0.29, 0.717) is 28.7 Å². The lowest BCUT2D eigenvalue weighted by Gasteiger charge is -2.22. The van der Waals surface area contributed by atoms with E-state index in [9.17, 15) is 4.79 Å². The molecule has 0 unspecified atom stereocenters. The van der Waals surface area contributed by atoms with Gasteiger partial charge in [0.1, 0.15) is 0 Å². The number of thioether (sulfide) groups is 1. The first-order chi connectivity index (χ1) is 11.3. The smallest absolute Gasteiger partial charge is 0.230 e. The average molecular weight is 329 g/mol. The van der Waals surface area contributed by atoms with Gasteiger partial charge in [-0.1, -0.05) is 18.2 Å². The molecule has 0 saturated heterocycles. The zero-order chi connectivity index (χ0) is 15.6. The minimum Gasteiger partial charge on any atom is -0.352 e. The van der Waals surface area contributed by atoms with E-state index in [0.717, 1.165) is 17.9 Å². The van der Waals surface area contributed by atoms with Crippen molar-refractivity contribution >= 4 is 17.7 Å². The Morgan fingerprint density at radius 1 is 1.30 bits per heavy atom. The number of hydrogen-bond donors (Lipinski definition) is 2. The molecule has 4 rings (SSSR count). The molecule has 1 amide bonds. The molecule has 0 radical (unpaired) electrons. The van der Waals surface area contributed by atoms with Gasteiger partial charge in [-0.25, -0.2) is 4.98 Å². The third kappa shape index (κ3) is 3.24. The normalized spacial score (nSPS) is 25.7. The molecule has 7 heteroatoms. The topological polar surface area (TPSA) is 83.6 Å². The minimum atomic E-state index is 0.0859. The number of hydrogen-bond acceptors (Lipinski definition) is 5. The van der Waals surface area contributed by atoms with Crippen LogP contribution < -0.4 is 5.32 Å². The van der Waals surface area contributed by atoms with Gasteiger partial charge in [-0.05, 0) is 43.2 Å². The lowest BCUT2D eigenvalue weighted by Crippen LogP contribution is -2.39. The maximum atomic E-state index is 12.1. The highest BCUT2D eigenvalue weighted by Gasteiger charge is 2.39. The van der Waals surface area contributed by atoms with Gasteiger partial charge in [0, 0.05) is 24.0 Å². The van der Waals surface area contributed by atoms with Crippen molar-refractivity contribution in [3.8, 4) is 11.4 Å². The SMILES string of the molecule is O=C(CSc1n[nH]c(-c2ccncc2)n1)N[C@@H]1C[C@@H]2CC[C@@H]1C2. The molecule has 6 nitrogen and oxygen atoms in total. The largest absolute Gasteiger partial charge is 0.352 e. The van der Waals surface area contributed by atoms with Crippen LogP contribution in [0.2, 0.25) is 0 Å². The quantitative estimate of drug-likeness (QED) is 0.822. The van der Waals surface area contributed by atoms with Gasteiger partial charge in [0.25, 0.3) is 0 Å². The van der Waals surface area contributed by atoms with Crippen molar-refractivity contribution < 1.29 is 4.79 Å². The van der Waals surface area contributed by atoms with Crippen molar-refractivity contribution in [2.24, 2.45) is 11.8 Å². The van der Waals surface area contributed by atoms with E-state index in [1.54, 1.807) is 12.4 Å². The lowest BCUT2D eigenvalue weighted by molar-refractivity contribution is -0.119. The molecule has 120 valence electrons. The minimum absolute atomic E-state index is 0.0859. The summed E-state index contributed by atoms with van der Waals surface area (Å²) in [6, 6.07) is 4.13. The van der Waals surface area contributed by atoms with Crippen LogP contribution in [0.5, 0.6) is 0 Å². The number of fused-ring (bicyclic) bond motifs is 2. The summed E-state index contributed by atoms with van der Waals surface area (Å²) in [7, 11) is 0. The second kappa shape index (κ2) is 6.31. The molecule has 0 aliphatic heterocycles. The first kappa shape index (κ1) is 14.7. The molecular weight excluding hydrogens is 310 g/mol. The van der Waals surface area contributed by atoms with Crippen LogP contribution in [0, 0.1) is 11.8 Å². The fraction of sp³-hybridized carbons (Fsp3) is 0.500. The molecule has 0 spiro atoms. The predicted molar refractivity (Wildman–Crippen MR) is 87.7 cm³/mol. The van der Waals surface area contributed by atoms with Gasteiger partial charge in [-0.2, -0.15) is 0 Å². The highest BCUT2D eigenvalue weighted by molar-refractivity contribution is 7.99. The number of carbonyl (C=O) groups excluding carboxylic acids is 1. The Morgan fingerprint density at radius 2 is 2.17 bits per heavy atom. The number of carbonyl (C=O) groups is 1. The first-order valence-electron chi connectivity index (χ1n) is 8.03. The van der Waals surface area contributed by atoms with Crippen molar-refractivity contribution in [3.63, 3.8) is 0 Å². The van der Waals surface area contributed by atoms with Crippen molar-refractivity contribution in [2.45, 2.75) is 36.9 Å². The van der Waals surface area contributed by atoms with Crippen molar-refractivity contribution in [2.75, 3.05) is 5.75 Å². The third-order valence-corrected chi connectivity index (χ3v) is 5.68. The molecule has 2 aromatic rings. The molecule has 2 aliphatic carbocycles. The highest BCUT2D eigenvalue weighted by atomic mass is 32.2. The van der Waals surface area contributed by atoms with Gasteiger partial charge >= 0.3 is 0 Å². The van der Waals surface area contributed by atoms with E-state index in [2.05, 4.69) is 25.5 Å². The molecule has 0 aromatic carbocycles. The Kier molecular flexibility index (Phi) is 4.03. The van der Waals surface area contributed by atoms with Crippen LogP contribution in [0.25, 0.3) is 11.4 Å². The Hall–Kier alpha value is -1.89. The second-order valence-electron chi connectivity index (χ2n) is 6.34. The van der Waals surface area contributed by atoms with Crippen LogP contribution in [0.1, 0.15) is 25.7 Å². The second-order valence-corrected chi connectivity index (χ2v) is 7.28. The van der Waals surface area contributed by atoms with Crippen LogP contribution in [0.4, 0.5) is 0 Å². The maximum absolute atomic E-state index is 12.1. The number of pyridine rings is 1. The van der Waals surface area contributed by atoms with Gasteiger partial charge in [0.15, 0.2) is 5.82 Å². The van der Waals surface area contributed by atoms with Crippen LogP contribution in [0.15, 0.2) is 29.7 Å². The van der Waals surface area contributed by atoms with Crippen LogP contribution in [-0.4, -0.2) is 37.9 Å². The molecule has 2 fully saturated rings. The number of aromatic amines is 1. The maximum Gasteiger partial charge on any atom is 0.230 e. The zero-order valence-electron chi connectivity index (χ0n) is 12.7. The summed E-state index contributed by atoms with van der Waals surface area (Å²) >= 11 is 1.37. The Morgan fingerprint density at radius 3 is 2.91 bits per heavy atom. The third-order valence-electron chi connectivity index (χ3n) is 4.84. The van der Waals surface area contributed by atoms with E-state index in [4.69, 9.17) is 0 Å². The first-order valence-corrected chi connectivity index (χ1v) is 9.01. The van der Waals surface area contributed by atoms with Gasteiger partial charge < -0.3 is 5.32 Å². The number of amides is 1. The molecule has 2 aromatic heterocycles. The number of aromatic nitrogens is 4. The molecular formula is C16H19N5OS. The van der Waals surface area contributed by atoms with Crippen molar-refractivity contribution in [3.05, 3.63) is 24.5 Å².